The standard InChI is InChI=1S/2C13H16FNO/c2*14-11-4-1-3-10-9(11)6-8-16-13(10)12-5-2-7-15-12/h2*1,3-4,12-13,15H,2,5-8H2/t12-,13+;12-,13-/m11/s1. The summed E-state index contributed by atoms with van der Waals surface area (Å²) in [6, 6.07) is 11.4. The highest BCUT2D eigenvalue weighted by atomic mass is 19.1. The Hall–Kier alpha value is -1.86. The number of fused-ring (bicyclic) bond motifs is 2. The van der Waals surface area contributed by atoms with Crippen LogP contribution in [-0.2, 0) is 22.3 Å². The van der Waals surface area contributed by atoms with E-state index in [0.717, 1.165) is 48.2 Å². The Kier molecular flexibility index (Phi) is 6.83. The lowest BCUT2D eigenvalue weighted by Crippen LogP contribution is -2.34. The summed E-state index contributed by atoms with van der Waals surface area (Å²) in [6.07, 6.45) is 6.12. The zero-order valence-corrected chi connectivity index (χ0v) is 18.4. The predicted octanol–water partition coefficient (Wildman–Crippen LogP) is 4.38. The molecule has 172 valence electrons. The van der Waals surface area contributed by atoms with Gasteiger partial charge in [0.25, 0.3) is 0 Å². The van der Waals surface area contributed by atoms with Crippen molar-refractivity contribution >= 4 is 0 Å². The van der Waals surface area contributed by atoms with Gasteiger partial charge in [-0.3, -0.25) is 0 Å². The topological polar surface area (TPSA) is 42.5 Å². The SMILES string of the molecule is Fc1cccc2c1CCO[C@@H]2[C@H]1CCCN1.Fc1cccc2c1CCO[C@H]2[C@H]1CCCN1. The second-order valence-electron chi connectivity index (χ2n) is 9.10. The molecular formula is C26H32F2N2O2. The largest absolute Gasteiger partial charge is 0.372 e. The fourth-order valence-corrected chi connectivity index (χ4v) is 5.57. The minimum Gasteiger partial charge on any atom is -0.372 e. The number of nitrogens with one attached hydrogen (secondary N) is 2. The lowest BCUT2D eigenvalue weighted by Gasteiger charge is -2.30. The van der Waals surface area contributed by atoms with E-state index in [1.165, 1.54) is 12.8 Å². The molecule has 0 spiro atoms. The van der Waals surface area contributed by atoms with Gasteiger partial charge in [-0.05, 0) is 86.0 Å². The Morgan fingerprint density at radius 2 is 1.16 bits per heavy atom. The maximum Gasteiger partial charge on any atom is 0.126 e. The molecule has 0 unspecified atom stereocenters. The first-order valence-electron chi connectivity index (χ1n) is 12.0. The number of halogens is 2. The van der Waals surface area contributed by atoms with Crippen LogP contribution >= 0.6 is 0 Å². The van der Waals surface area contributed by atoms with E-state index in [2.05, 4.69) is 10.6 Å². The number of rotatable bonds is 2. The van der Waals surface area contributed by atoms with Gasteiger partial charge >= 0.3 is 0 Å². The minimum atomic E-state index is -0.0798. The van der Waals surface area contributed by atoms with Crippen LogP contribution < -0.4 is 10.6 Å². The first kappa shape index (κ1) is 22.0. The monoisotopic (exact) mass is 442 g/mol. The first-order valence-corrected chi connectivity index (χ1v) is 12.0. The van der Waals surface area contributed by atoms with Crippen molar-refractivity contribution in [1.29, 1.82) is 0 Å². The average molecular weight is 443 g/mol. The van der Waals surface area contributed by atoms with Crippen LogP contribution in [0.5, 0.6) is 0 Å². The second-order valence-corrected chi connectivity index (χ2v) is 9.10. The Morgan fingerprint density at radius 3 is 1.56 bits per heavy atom. The molecular weight excluding hydrogens is 410 g/mol. The van der Waals surface area contributed by atoms with Crippen molar-refractivity contribution in [2.45, 2.75) is 62.8 Å². The number of ether oxygens (including phenoxy) is 2. The van der Waals surface area contributed by atoms with Crippen molar-refractivity contribution < 1.29 is 18.3 Å². The van der Waals surface area contributed by atoms with Crippen molar-refractivity contribution in [2.24, 2.45) is 0 Å². The molecule has 4 aliphatic heterocycles. The molecule has 4 nitrogen and oxygen atoms in total. The van der Waals surface area contributed by atoms with Gasteiger partial charge in [0.1, 0.15) is 11.6 Å². The number of hydrogen-bond donors (Lipinski definition) is 2. The third-order valence-electron chi connectivity index (χ3n) is 7.15. The summed E-state index contributed by atoms with van der Waals surface area (Å²) in [5, 5.41) is 6.88. The van der Waals surface area contributed by atoms with Crippen LogP contribution in [0.25, 0.3) is 0 Å². The molecule has 2 N–H and O–H groups in total. The van der Waals surface area contributed by atoms with Gasteiger partial charge < -0.3 is 20.1 Å². The fourth-order valence-electron chi connectivity index (χ4n) is 5.57. The van der Waals surface area contributed by atoms with Crippen molar-refractivity contribution in [2.75, 3.05) is 26.3 Å². The van der Waals surface area contributed by atoms with Gasteiger partial charge in [-0.25, -0.2) is 8.78 Å². The van der Waals surface area contributed by atoms with Crippen molar-refractivity contribution in [1.82, 2.24) is 10.6 Å². The normalized spacial score (nSPS) is 29.1. The van der Waals surface area contributed by atoms with Gasteiger partial charge in [0.05, 0.1) is 25.4 Å². The average Bonchev–Trinajstić information content (AvgIpc) is 3.54. The van der Waals surface area contributed by atoms with Gasteiger partial charge in [0.15, 0.2) is 0 Å². The summed E-state index contributed by atoms with van der Waals surface area (Å²) in [4.78, 5) is 0. The highest BCUT2D eigenvalue weighted by Gasteiger charge is 2.32. The Labute approximate surface area is 188 Å². The van der Waals surface area contributed by atoms with Gasteiger partial charge in [-0.1, -0.05) is 24.3 Å². The molecule has 4 atom stereocenters. The number of benzene rings is 2. The minimum absolute atomic E-state index is 0.0435. The first-order chi connectivity index (χ1) is 15.7. The molecule has 0 saturated carbocycles. The maximum absolute atomic E-state index is 13.7. The second kappa shape index (κ2) is 9.96. The third kappa shape index (κ3) is 4.46. The molecule has 6 rings (SSSR count). The van der Waals surface area contributed by atoms with Gasteiger partial charge in [0, 0.05) is 12.1 Å². The smallest absolute Gasteiger partial charge is 0.126 e. The summed E-state index contributed by atoms with van der Waals surface area (Å²) < 4.78 is 38.9. The van der Waals surface area contributed by atoms with Gasteiger partial charge in [-0.2, -0.15) is 0 Å². The van der Waals surface area contributed by atoms with Crippen LogP contribution in [0, 0.1) is 11.6 Å². The van der Waals surface area contributed by atoms with E-state index in [-0.39, 0.29) is 23.8 Å². The van der Waals surface area contributed by atoms with Crippen LogP contribution in [-0.4, -0.2) is 38.4 Å². The summed E-state index contributed by atoms with van der Waals surface area (Å²) in [6.45, 7) is 3.37. The van der Waals surface area contributed by atoms with E-state index in [1.807, 2.05) is 12.1 Å². The molecule has 4 aliphatic rings. The van der Waals surface area contributed by atoms with Crippen molar-refractivity contribution in [3.8, 4) is 0 Å². The van der Waals surface area contributed by atoms with E-state index >= 15 is 0 Å². The van der Waals surface area contributed by atoms with Crippen molar-refractivity contribution in [3.05, 3.63) is 70.3 Å². The highest BCUT2D eigenvalue weighted by Crippen LogP contribution is 2.35. The zero-order chi connectivity index (χ0) is 21.9. The van der Waals surface area contributed by atoms with Crippen LogP contribution in [0.15, 0.2) is 36.4 Å². The van der Waals surface area contributed by atoms with Crippen LogP contribution in [0.3, 0.4) is 0 Å². The van der Waals surface area contributed by atoms with Gasteiger partial charge in [-0.15, -0.1) is 0 Å². The molecule has 2 fully saturated rings. The molecule has 6 heteroatoms. The molecule has 0 bridgehead atoms. The van der Waals surface area contributed by atoms with E-state index < -0.39 is 0 Å². The van der Waals surface area contributed by atoms with Gasteiger partial charge in [0.2, 0.25) is 0 Å². The summed E-state index contributed by atoms with van der Waals surface area (Å²) in [5.74, 6) is -0.160. The highest BCUT2D eigenvalue weighted by molar-refractivity contribution is 5.34. The number of hydrogen-bond acceptors (Lipinski definition) is 4. The Bertz CT molecular complexity index is 851. The molecule has 0 radical (unpaired) electrons. The summed E-state index contributed by atoms with van der Waals surface area (Å²) in [5.41, 5.74) is 3.80. The maximum atomic E-state index is 13.7. The predicted molar refractivity (Wildman–Crippen MR) is 120 cm³/mol. The Morgan fingerprint density at radius 1 is 0.688 bits per heavy atom. The van der Waals surface area contributed by atoms with E-state index in [4.69, 9.17) is 9.47 Å². The molecule has 0 aliphatic carbocycles. The summed E-state index contributed by atoms with van der Waals surface area (Å²) in [7, 11) is 0. The lowest BCUT2D eigenvalue weighted by atomic mass is 9.92. The fraction of sp³-hybridized carbons (Fsp3) is 0.538. The van der Waals surface area contributed by atoms with Crippen LogP contribution in [0.2, 0.25) is 0 Å². The summed E-state index contributed by atoms with van der Waals surface area (Å²) >= 11 is 0. The van der Waals surface area contributed by atoms with Crippen LogP contribution in [0.4, 0.5) is 8.78 Å². The molecule has 0 aromatic heterocycles. The molecule has 2 aromatic carbocycles. The molecule has 2 aromatic rings. The van der Waals surface area contributed by atoms with E-state index in [9.17, 15) is 8.78 Å². The zero-order valence-electron chi connectivity index (χ0n) is 18.4. The molecule has 32 heavy (non-hydrogen) atoms. The quantitative estimate of drug-likeness (QED) is 0.724. The molecule has 4 heterocycles. The lowest BCUT2D eigenvalue weighted by molar-refractivity contribution is 0.0189. The van der Waals surface area contributed by atoms with Crippen molar-refractivity contribution in [3.63, 3.8) is 0 Å². The third-order valence-corrected chi connectivity index (χ3v) is 7.15. The van der Waals surface area contributed by atoms with E-state index in [1.54, 1.807) is 24.3 Å². The van der Waals surface area contributed by atoms with E-state index in [0.29, 0.717) is 38.1 Å². The Balaban J connectivity index is 0.000000135. The molecule has 0 amide bonds. The molecule has 2 saturated heterocycles. The van der Waals surface area contributed by atoms with Crippen LogP contribution in [0.1, 0.15) is 60.1 Å².